The number of carbonyl (C=O) groups is 1. The highest BCUT2D eigenvalue weighted by Gasteiger charge is 2.11. The van der Waals surface area contributed by atoms with Crippen LogP contribution in [-0.2, 0) is 14.8 Å². The number of halogens is 1. The number of nitrogens with one attached hydrogen (secondary N) is 1. The van der Waals surface area contributed by atoms with Crippen LogP contribution in [0.1, 0.15) is 5.56 Å². The maximum Gasteiger partial charge on any atom is 0.257 e. The van der Waals surface area contributed by atoms with Gasteiger partial charge in [-0.3, -0.25) is 9.78 Å². The van der Waals surface area contributed by atoms with Gasteiger partial charge in [0.2, 0.25) is 10.0 Å². The molecule has 0 aliphatic heterocycles. The molecule has 0 aliphatic rings. The van der Waals surface area contributed by atoms with Gasteiger partial charge in [-0.1, -0.05) is 15.9 Å². The van der Waals surface area contributed by atoms with E-state index >= 15 is 0 Å². The van der Waals surface area contributed by atoms with Crippen LogP contribution < -0.4 is 4.72 Å². The van der Waals surface area contributed by atoms with Crippen molar-refractivity contribution in [3.05, 3.63) is 71.1 Å². The first-order valence-corrected chi connectivity index (χ1v) is 10.5. The molecule has 0 atom stereocenters. The average molecular weight is 447 g/mol. The molecule has 0 radical (unpaired) electrons. The zero-order valence-corrected chi connectivity index (χ0v) is 16.6. The SMILES string of the molecule is CS(=O)(=O)NC(=O)/C=C/c1cn(-c2ccc(Br)cc2)nc1-c1ccncc1. The maximum absolute atomic E-state index is 11.8. The Morgan fingerprint density at radius 2 is 1.81 bits per heavy atom. The highest BCUT2D eigenvalue weighted by Crippen LogP contribution is 2.24. The summed E-state index contributed by atoms with van der Waals surface area (Å²) in [6.45, 7) is 0. The van der Waals surface area contributed by atoms with Crippen molar-refractivity contribution < 1.29 is 13.2 Å². The summed E-state index contributed by atoms with van der Waals surface area (Å²) in [4.78, 5) is 15.8. The Balaban J connectivity index is 2.00. The Morgan fingerprint density at radius 1 is 1.15 bits per heavy atom. The van der Waals surface area contributed by atoms with E-state index in [0.717, 1.165) is 28.1 Å². The molecular formula is C18H15BrN4O3S. The zero-order valence-electron chi connectivity index (χ0n) is 14.2. The third kappa shape index (κ3) is 5.11. The topological polar surface area (TPSA) is 94.0 Å². The minimum atomic E-state index is -3.62. The van der Waals surface area contributed by atoms with Crippen LogP contribution in [0.25, 0.3) is 23.0 Å². The summed E-state index contributed by atoms with van der Waals surface area (Å²) >= 11 is 3.40. The predicted octanol–water partition coefficient (Wildman–Crippen LogP) is 2.79. The van der Waals surface area contributed by atoms with E-state index < -0.39 is 15.9 Å². The van der Waals surface area contributed by atoms with Gasteiger partial charge in [0, 0.05) is 40.3 Å². The average Bonchev–Trinajstić information content (AvgIpc) is 3.04. The van der Waals surface area contributed by atoms with Gasteiger partial charge < -0.3 is 0 Å². The van der Waals surface area contributed by atoms with Crippen LogP contribution in [0.3, 0.4) is 0 Å². The van der Waals surface area contributed by atoms with Gasteiger partial charge in [0.1, 0.15) is 5.69 Å². The van der Waals surface area contributed by atoms with E-state index in [4.69, 9.17) is 0 Å². The molecule has 0 saturated carbocycles. The van der Waals surface area contributed by atoms with Crippen molar-refractivity contribution in [1.29, 1.82) is 0 Å². The highest BCUT2D eigenvalue weighted by atomic mass is 79.9. The molecule has 0 unspecified atom stereocenters. The normalized spacial score (nSPS) is 11.6. The molecule has 2 heterocycles. The van der Waals surface area contributed by atoms with Crippen molar-refractivity contribution in [1.82, 2.24) is 19.5 Å². The summed E-state index contributed by atoms with van der Waals surface area (Å²) in [7, 11) is -3.62. The standard InChI is InChI=1S/C18H15BrN4O3S/c1-27(25,26)22-17(24)7-2-14-12-23(16-5-3-15(19)4-6-16)21-18(14)13-8-10-20-11-9-13/h2-12H,1H3,(H,22,24)/b7-2+. The van der Waals surface area contributed by atoms with Crippen LogP contribution in [0.4, 0.5) is 0 Å². The first kappa shape index (κ1) is 19.0. The minimum absolute atomic E-state index is 0.642. The number of hydrogen-bond acceptors (Lipinski definition) is 5. The number of nitrogens with zero attached hydrogens (tertiary/aromatic N) is 3. The molecule has 0 fully saturated rings. The predicted molar refractivity (Wildman–Crippen MR) is 107 cm³/mol. The van der Waals surface area contributed by atoms with Crippen LogP contribution in [0.15, 0.2) is 65.5 Å². The second kappa shape index (κ2) is 7.85. The lowest BCUT2D eigenvalue weighted by Crippen LogP contribution is -2.27. The van der Waals surface area contributed by atoms with Crippen molar-refractivity contribution in [2.75, 3.05) is 6.26 Å². The summed E-state index contributed by atoms with van der Waals surface area (Å²) in [6.07, 6.45) is 8.68. The Labute approximate surface area is 164 Å². The summed E-state index contributed by atoms with van der Waals surface area (Å²) in [6, 6.07) is 11.2. The third-order valence-corrected chi connectivity index (χ3v) is 4.59. The summed E-state index contributed by atoms with van der Waals surface area (Å²) in [5.41, 5.74) is 2.97. The number of rotatable bonds is 5. The van der Waals surface area contributed by atoms with Gasteiger partial charge >= 0.3 is 0 Å². The van der Waals surface area contributed by atoms with Crippen molar-refractivity contribution >= 4 is 37.9 Å². The fourth-order valence-corrected chi connectivity index (χ4v) is 3.05. The van der Waals surface area contributed by atoms with Gasteiger partial charge in [-0.05, 0) is 42.5 Å². The number of carbonyl (C=O) groups excluding carboxylic acids is 1. The smallest absolute Gasteiger partial charge is 0.257 e. The van der Waals surface area contributed by atoms with Crippen LogP contribution in [0, 0.1) is 0 Å². The summed E-state index contributed by atoms with van der Waals surface area (Å²) in [5.74, 6) is -0.727. The second-order valence-electron chi connectivity index (χ2n) is 5.66. The lowest BCUT2D eigenvalue weighted by atomic mass is 10.1. The molecule has 3 rings (SSSR count). The van der Waals surface area contributed by atoms with E-state index in [1.54, 1.807) is 23.3 Å². The van der Waals surface area contributed by atoms with Gasteiger partial charge in [0.05, 0.1) is 11.9 Å². The Morgan fingerprint density at radius 3 is 2.44 bits per heavy atom. The van der Waals surface area contributed by atoms with E-state index in [-0.39, 0.29) is 0 Å². The van der Waals surface area contributed by atoms with E-state index in [0.29, 0.717) is 11.3 Å². The first-order chi connectivity index (χ1) is 12.8. The molecule has 0 saturated heterocycles. The molecule has 7 nitrogen and oxygen atoms in total. The van der Waals surface area contributed by atoms with Crippen LogP contribution in [0.5, 0.6) is 0 Å². The molecule has 138 valence electrons. The first-order valence-electron chi connectivity index (χ1n) is 7.78. The van der Waals surface area contributed by atoms with Gasteiger partial charge in [-0.2, -0.15) is 5.10 Å². The Kier molecular flexibility index (Phi) is 5.52. The molecule has 9 heteroatoms. The molecule has 3 aromatic rings. The molecule has 0 bridgehead atoms. The molecule has 27 heavy (non-hydrogen) atoms. The van der Waals surface area contributed by atoms with Crippen molar-refractivity contribution in [3.63, 3.8) is 0 Å². The van der Waals surface area contributed by atoms with Crippen LogP contribution in [0.2, 0.25) is 0 Å². The number of aromatic nitrogens is 3. The van der Waals surface area contributed by atoms with E-state index in [1.807, 2.05) is 41.1 Å². The number of pyridine rings is 1. The highest BCUT2D eigenvalue weighted by molar-refractivity contribution is 9.10. The van der Waals surface area contributed by atoms with Crippen molar-refractivity contribution in [2.24, 2.45) is 0 Å². The lowest BCUT2D eigenvalue weighted by Gasteiger charge is -2.01. The van der Waals surface area contributed by atoms with E-state index in [2.05, 4.69) is 26.0 Å². The fraction of sp³-hybridized carbons (Fsp3) is 0.0556. The Hall–Kier alpha value is -2.78. The lowest BCUT2D eigenvalue weighted by molar-refractivity contribution is -0.114. The fourth-order valence-electron chi connectivity index (χ4n) is 2.35. The minimum Gasteiger partial charge on any atom is -0.269 e. The zero-order chi connectivity index (χ0) is 19.4. The molecule has 2 aromatic heterocycles. The quantitative estimate of drug-likeness (QED) is 0.608. The third-order valence-electron chi connectivity index (χ3n) is 3.49. The van der Waals surface area contributed by atoms with Crippen molar-refractivity contribution in [3.8, 4) is 16.9 Å². The maximum atomic E-state index is 11.8. The number of sulfonamides is 1. The summed E-state index contributed by atoms with van der Waals surface area (Å²) < 4.78 is 26.9. The number of benzene rings is 1. The monoisotopic (exact) mass is 446 g/mol. The molecule has 1 aromatic carbocycles. The van der Waals surface area contributed by atoms with Gasteiger partial charge in [-0.15, -0.1) is 0 Å². The second-order valence-corrected chi connectivity index (χ2v) is 8.33. The summed E-state index contributed by atoms with van der Waals surface area (Å²) in [5, 5.41) is 4.61. The number of amides is 1. The Bertz CT molecular complexity index is 1090. The molecule has 1 amide bonds. The largest absolute Gasteiger partial charge is 0.269 e. The molecule has 0 aliphatic carbocycles. The van der Waals surface area contributed by atoms with Crippen molar-refractivity contribution in [2.45, 2.75) is 0 Å². The van der Waals surface area contributed by atoms with Gasteiger partial charge in [0.15, 0.2) is 0 Å². The molecule has 1 N–H and O–H groups in total. The van der Waals surface area contributed by atoms with Crippen LogP contribution >= 0.6 is 15.9 Å². The number of hydrogen-bond donors (Lipinski definition) is 1. The molecular weight excluding hydrogens is 432 g/mol. The van der Waals surface area contributed by atoms with Crippen LogP contribution in [-0.4, -0.2) is 35.3 Å². The van der Waals surface area contributed by atoms with E-state index in [9.17, 15) is 13.2 Å². The van der Waals surface area contributed by atoms with E-state index in [1.165, 1.54) is 6.08 Å². The van der Waals surface area contributed by atoms with Gasteiger partial charge in [-0.25, -0.2) is 17.8 Å². The molecule has 0 spiro atoms. The van der Waals surface area contributed by atoms with Gasteiger partial charge in [0.25, 0.3) is 5.91 Å².